The maximum atomic E-state index is 12.8. The fourth-order valence-electron chi connectivity index (χ4n) is 4.17. The van der Waals surface area contributed by atoms with E-state index in [1.807, 2.05) is 6.08 Å². The van der Waals surface area contributed by atoms with Gasteiger partial charge in [-0.05, 0) is 38.3 Å². The van der Waals surface area contributed by atoms with Crippen molar-refractivity contribution in [3.63, 3.8) is 0 Å². The number of hydrogen-bond acceptors (Lipinski definition) is 4. The first-order valence-electron chi connectivity index (χ1n) is 10.9. The van der Waals surface area contributed by atoms with Gasteiger partial charge in [0, 0.05) is 45.1 Å². The summed E-state index contributed by atoms with van der Waals surface area (Å²) < 4.78 is 5.18. The van der Waals surface area contributed by atoms with E-state index in [1.54, 1.807) is 37.6 Å². The SMILES string of the molecule is CN(CCCNC(=O)OC(C)(C)C)C(=O)CC(=O)N1CC2=CC=CC3=CC=CC(C1)C32. The highest BCUT2D eigenvalue weighted by Crippen LogP contribution is 2.39. The third kappa shape index (κ3) is 6.09. The van der Waals surface area contributed by atoms with Crippen LogP contribution in [0.2, 0.25) is 0 Å². The molecule has 0 spiro atoms. The third-order valence-electron chi connectivity index (χ3n) is 5.66. The van der Waals surface area contributed by atoms with E-state index < -0.39 is 11.7 Å². The highest BCUT2D eigenvalue weighted by Gasteiger charge is 2.37. The van der Waals surface area contributed by atoms with E-state index in [0.717, 1.165) is 0 Å². The van der Waals surface area contributed by atoms with Gasteiger partial charge in [-0.1, -0.05) is 36.5 Å². The predicted octanol–water partition coefficient (Wildman–Crippen LogP) is 2.82. The van der Waals surface area contributed by atoms with Gasteiger partial charge >= 0.3 is 6.09 Å². The Kier molecular flexibility index (Phi) is 7.03. The summed E-state index contributed by atoms with van der Waals surface area (Å²) in [4.78, 5) is 40.3. The number of rotatable bonds is 6. The Morgan fingerprint density at radius 3 is 2.74 bits per heavy atom. The molecule has 3 aliphatic rings. The molecular formula is C24H33N3O4. The van der Waals surface area contributed by atoms with E-state index >= 15 is 0 Å². The smallest absolute Gasteiger partial charge is 0.407 e. The molecule has 0 bridgehead atoms. The Hall–Kier alpha value is -2.83. The number of ether oxygens (including phenoxy) is 1. The van der Waals surface area contributed by atoms with Crippen LogP contribution in [0.1, 0.15) is 33.6 Å². The number of carbonyl (C=O) groups is 3. The van der Waals surface area contributed by atoms with Gasteiger partial charge < -0.3 is 19.9 Å². The lowest BCUT2D eigenvalue weighted by Crippen LogP contribution is -2.47. The summed E-state index contributed by atoms with van der Waals surface area (Å²) in [6.07, 6.45) is 12.6. The Morgan fingerprint density at radius 1 is 1.23 bits per heavy atom. The van der Waals surface area contributed by atoms with Gasteiger partial charge in [-0.15, -0.1) is 0 Å². The summed E-state index contributed by atoms with van der Waals surface area (Å²) in [6, 6.07) is 0. The molecule has 0 radical (unpaired) electrons. The zero-order valence-electron chi connectivity index (χ0n) is 18.9. The zero-order valence-corrected chi connectivity index (χ0v) is 18.9. The first kappa shape index (κ1) is 22.8. The monoisotopic (exact) mass is 427 g/mol. The van der Waals surface area contributed by atoms with Gasteiger partial charge in [0.1, 0.15) is 12.0 Å². The molecule has 2 atom stereocenters. The van der Waals surface area contributed by atoms with Crippen molar-refractivity contribution in [2.75, 3.05) is 33.2 Å². The molecule has 1 saturated heterocycles. The van der Waals surface area contributed by atoms with Crippen LogP contribution in [-0.4, -0.2) is 66.5 Å². The van der Waals surface area contributed by atoms with E-state index in [4.69, 9.17) is 4.74 Å². The quantitative estimate of drug-likeness (QED) is 0.522. The maximum Gasteiger partial charge on any atom is 0.407 e. The minimum atomic E-state index is -0.541. The van der Waals surface area contributed by atoms with E-state index in [9.17, 15) is 14.4 Å². The molecule has 1 fully saturated rings. The fourth-order valence-corrected chi connectivity index (χ4v) is 4.17. The van der Waals surface area contributed by atoms with Crippen LogP contribution in [0, 0.1) is 11.8 Å². The molecule has 168 valence electrons. The summed E-state index contributed by atoms with van der Waals surface area (Å²) in [5.74, 6) is 0.277. The molecule has 1 heterocycles. The molecule has 3 amide bonds. The topological polar surface area (TPSA) is 79.0 Å². The van der Waals surface area contributed by atoms with Gasteiger partial charge in [-0.3, -0.25) is 9.59 Å². The number of nitrogens with one attached hydrogen (secondary N) is 1. The van der Waals surface area contributed by atoms with Crippen LogP contribution in [-0.2, 0) is 14.3 Å². The van der Waals surface area contributed by atoms with E-state index in [1.165, 1.54) is 11.1 Å². The van der Waals surface area contributed by atoms with Crippen molar-refractivity contribution < 1.29 is 19.1 Å². The van der Waals surface area contributed by atoms with Crippen LogP contribution in [0.4, 0.5) is 4.79 Å². The Labute approximate surface area is 184 Å². The molecule has 1 aliphatic heterocycles. The highest BCUT2D eigenvalue weighted by molar-refractivity contribution is 5.97. The van der Waals surface area contributed by atoms with Crippen LogP contribution in [0.15, 0.2) is 47.6 Å². The second-order valence-corrected chi connectivity index (χ2v) is 9.34. The van der Waals surface area contributed by atoms with Crippen LogP contribution in [0.25, 0.3) is 0 Å². The zero-order chi connectivity index (χ0) is 22.6. The number of alkyl carbamates (subject to hydrolysis) is 1. The molecular weight excluding hydrogens is 394 g/mol. The molecule has 1 N–H and O–H groups in total. The molecule has 7 heteroatoms. The minimum Gasteiger partial charge on any atom is -0.444 e. The van der Waals surface area contributed by atoms with Crippen molar-refractivity contribution in [2.24, 2.45) is 11.8 Å². The number of amides is 3. The number of nitrogens with zero attached hydrogens (tertiary/aromatic N) is 2. The number of allylic oxidation sites excluding steroid dienone is 6. The lowest BCUT2D eigenvalue weighted by molar-refractivity contribution is -0.140. The summed E-state index contributed by atoms with van der Waals surface area (Å²) >= 11 is 0. The molecule has 0 aromatic heterocycles. The highest BCUT2D eigenvalue weighted by atomic mass is 16.6. The van der Waals surface area contributed by atoms with Crippen LogP contribution in [0.5, 0.6) is 0 Å². The predicted molar refractivity (Wildman–Crippen MR) is 119 cm³/mol. The first-order valence-corrected chi connectivity index (χ1v) is 10.9. The van der Waals surface area contributed by atoms with E-state index in [0.29, 0.717) is 38.5 Å². The van der Waals surface area contributed by atoms with Crippen LogP contribution < -0.4 is 5.32 Å². The van der Waals surface area contributed by atoms with Crippen molar-refractivity contribution in [3.05, 3.63) is 47.6 Å². The second kappa shape index (κ2) is 9.54. The van der Waals surface area contributed by atoms with Crippen molar-refractivity contribution in [1.29, 1.82) is 0 Å². The van der Waals surface area contributed by atoms with Crippen molar-refractivity contribution in [2.45, 2.75) is 39.2 Å². The molecule has 0 aromatic rings. The minimum absolute atomic E-state index is 0.136. The fraction of sp³-hybridized carbons (Fsp3) is 0.542. The number of likely N-dealkylation sites (tertiary alicyclic amines) is 1. The molecule has 2 unspecified atom stereocenters. The van der Waals surface area contributed by atoms with Gasteiger partial charge in [0.25, 0.3) is 0 Å². The van der Waals surface area contributed by atoms with Crippen molar-refractivity contribution >= 4 is 17.9 Å². The average Bonchev–Trinajstić information content (AvgIpc) is 2.70. The lowest BCUT2D eigenvalue weighted by atomic mass is 9.72. The summed E-state index contributed by atoms with van der Waals surface area (Å²) in [5, 5.41) is 2.68. The molecule has 0 saturated carbocycles. The Bertz CT molecular complexity index is 847. The van der Waals surface area contributed by atoms with Crippen LogP contribution in [0.3, 0.4) is 0 Å². The molecule has 0 aromatic carbocycles. The van der Waals surface area contributed by atoms with Gasteiger partial charge in [-0.2, -0.15) is 0 Å². The summed E-state index contributed by atoms with van der Waals surface area (Å²) in [6.45, 7) is 7.49. The van der Waals surface area contributed by atoms with Gasteiger partial charge in [0.15, 0.2) is 0 Å². The Balaban J connectivity index is 1.43. The third-order valence-corrected chi connectivity index (χ3v) is 5.66. The van der Waals surface area contributed by atoms with Crippen molar-refractivity contribution in [3.8, 4) is 0 Å². The summed E-state index contributed by atoms with van der Waals surface area (Å²) in [7, 11) is 1.69. The van der Waals surface area contributed by atoms with Gasteiger partial charge in [-0.25, -0.2) is 4.79 Å². The van der Waals surface area contributed by atoms with Crippen molar-refractivity contribution in [1.82, 2.24) is 15.1 Å². The maximum absolute atomic E-state index is 12.8. The molecule has 2 aliphatic carbocycles. The normalized spacial score (nSPS) is 21.6. The van der Waals surface area contributed by atoms with Gasteiger partial charge in [0.05, 0.1) is 0 Å². The largest absolute Gasteiger partial charge is 0.444 e. The number of piperidine rings is 1. The van der Waals surface area contributed by atoms with E-state index in [-0.39, 0.29) is 24.2 Å². The molecule has 7 nitrogen and oxygen atoms in total. The molecule has 31 heavy (non-hydrogen) atoms. The van der Waals surface area contributed by atoms with Crippen LogP contribution >= 0.6 is 0 Å². The van der Waals surface area contributed by atoms with E-state index in [2.05, 4.69) is 35.7 Å². The summed E-state index contributed by atoms with van der Waals surface area (Å²) in [5.41, 5.74) is 1.99. The lowest BCUT2D eigenvalue weighted by Gasteiger charge is -2.42. The van der Waals surface area contributed by atoms with Gasteiger partial charge in [0.2, 0.25) is 11.8 Å². The average molecular weight is 428 g/mol. The standard InChI is InChI=1S/C24H33N3O4/c1-24(2,3)31-23(30)25-12-7-13-26(4)20(28)14-21(29)27-15-18-10-5-8-17-9-6-11-19(16-27)22(17)18/h5-6,8-11,18,22H,7,12-16H2,1-4H3,(H,25,30). The second-order valence-electron chi connectivity index (χ2n) is 9.34. The molecule has 3 rings (SSSR count). The Morgan fingerprint density at radius 2 is 2.00 bits per heavy atom. The number of carbonyl (C=O) groups excluding carboxylic acids is 3. The first-order chi connectivity index (χ1) is 14.6. The number of hydrogen-bond donors (Lipinski definition) is 1.